The van der Waals surface area contributed by atoms with Crippen molar-refractivity contribution in [2.75, 3.05) is 40.1 Å². The second-order valence-electron chi connectivity index (χ2n) is 16.7. The molecule has 5 atom stereocenters. The maximum Gasteiger partial charge on any atom is 0.254 e. The first-order valence-corrected chi connectivity index (χ1v) is 21.1. The highest BCUT2D eigenvalue weighted by atomic mass is 16.7. The molecule has 3 aromatic carbocycles. The molecule has 322 valence electrons. The number of aliphatic imine (C=N–C) groups is 1. The van der Waals surface area contributed by atoms with Crippen molar-refractivity contribution in [3.05, 3.63) is 105 Å². The fourth-order valence-corrected chi connectivity index (χ4v) is 9.49. The molecular formula is C48H49N2O12+. The van der Waals surface area contributed by atoms with Gasteiger partial charge in [-0.1, -0.05) is 30.9 Å². The zero-order valence-electron chi connectivity index (χ0n) is 34.3. The van der Waals surface area contributed by atoms with Crippen LogP contribution in [0, 0.1) is 18.4 Å². The van der Waals surface area contributed by atoms with E-state index in [0.29, 0.717) is 40.7 Å². The molecule has 0 spiro atoms. The fourth-order valence-electron chi connectivity index (χ4n) is 9.49. The monoisotopic (exact) mass is 845 g/mol. The number of aliphatic hydroxyl groups is 4. The van der Waals surface area contributed by atoms with Gasteiger partial charge in [-0.15, -0.1) is 0 Å². The smallest absolute Gasteiger partial charge is 0.254 e. The van der Waals surface area contributed by atoms with Crippen LogP contribution < -0.4 is 9.47 Å². The molecule has 6 bridgehead atoms. The molecule has 6 aliphatic rings. The van der Waals surface area contributed by atoms with E-state index in [1.165, 1.54) is 18.1 Å². The van der Waals surface area contributed by atoms with Gasteiger partial charge in [0.25, 0.3) is 5.91 Å². The lowest BCUT2D eigenvalue weighted by Gasteiger charge is -2.47. The van der Waals surface area contributed by atoms with Gasteiger partial charge in [-0.2, -0.15) is 4.99 Å². The van der Waals surface area contributed by atoms with Crippen LogP contribution in [0.3, 0.4) is 0 Å². The van der Waals surface area contributed by atoms with E-state index in [0.717, 1.165) is 53.7 Å². The number of Topliss-reactive ketones (excluding diaryl/α,β-unsaturated/α-hetero) is 1. The summed E-state index contributed by atoms with van der Waals surface area (Å²) in [5.74, 6) is 2.08. The number of hydrogen-bond donors (Lipinski definition) is 5. The van der Waals surface area contributed by atoms with Gasteiger partial charge < -0.3 is 54.1 Å². The molecule has 1 saturated heterocycles. The predicted octanol–water partition coefficient (Wildman–Crippen LogP) is 4.34. The molecule has 1 saturated carbocycles. The summed E-state index contributed by atoms with van der Waals surface area (Å²) in [4.78, 5) is 34.3. The Bertz CT molecular complexity index is 2490. The predicted molar refractivity (Wildman–Crippen MR) is 226 cm³/mol. The number of fused-ring (bicyclic) bond motifs is 5. The van der Waals surface area contributed by atoms with Crippen LogP contribution in [-0.2, 0) is 27.2 Å². The summed E-state index contributed by atoms with van der Waals surface area (Å²) in [6, 6.07) is 10.3. The number of carbonyl (C=O) groups is 2. The summed E-state index contributed by atoms with van der Waals surface area (Å²) in [5.41, 5.74) is 3.70. The van der Waals surface area contributed by atoms with Gasteiger partial charge in [-0.3, -0.25) is 9.59 Å². The lowest BCUT2D eigenvalue weighted by Crippen LogP contribution is -2.70. The normalized spacial score (nSPS) is 25.7. The van der Waals surface area contributed by atoms with Crippen LogP contribution in [0.15, 0.2) is 76.0 Å². The van der Waals surface area contributed by atoms with Crippen molar-refractivity contribution in [2.24, 2.45) is 4.99 Å². The topological polar surface area (TPSA) is 197 Å². The zero-order valence-corrected chi connectivity index (χ0v) is 34.3. The third-order valence-corrected chi connectivity index (χ3v) is 12.8. The first kappa shape index (κ1) is 41.7. The molecule has 0 radical (unpaired) electrons. The first-order chi connectivity index (χ1) is 30.1. The number of aromatic hydroxyl groups is 1. The van der Waals surface area contributed by atoms with Gasteiger partial charge in [-0.25, -0.2) is 0 Å². The number of hydrogen-bond acceptors (Lipinski definition) is 13. The Morgan fingerprint density at radius 3 is 2.73 bits per heavy atom. The average Bonchev–Trinajstić information content (AvgIpc) is 4.03. The van der Waals surface area contributed by atoms with Crippen LogP contribution in [0.5, 0.6) is 17.2 Å². The number of amides is 1. The Kier molecular flexibility index (Phi) is 11.6. The minimum absolute atomic E-state index is 0.0221. The number of benzene rings is 3. The van der Waals surface area contributed by atoms with Gasteiger partial charge in [0.1, 0.15) is 47.7 Å². The van der Waals surface area contributed by atoms with Crippen molar-refractivity contribution in [1.82, 2.24) is 4.90 Å². The van der Waals surface area contributed by atoms with Crippen molar-refractivity contribution in [2.45, 2.75) is 87.6 Å². The number of carbonyl (C=O) groups excluding carboxylic acids is 2. The number of allylic oxidation sites excluding steroid dienone is 4. The number of methoxy groups -OCH3 is 1. The van der Waals surface area contributed by atoms with E-state index in [1.807, 2.05) is 30.7 Å². The van der Waals surface area contributed by atoms with Crippen LogP contribution >= 0.6 is 0 Å². The molecule has 1 amide bonds. The van der Waals surface area contributed by atoms with Gasteiger partial charge in [0.2, 0.25) is 6.29 Å². The second kappa shape index (κ2) is 17.2. The van der Waals surface area contributed by atoms with E-state index in [4.69, 9.17) is 23.7 Å². The maximum absolute atomic E-state index is 14.6. The first-order valence-electron chi connectivity index (χ1n) is 21.1. The van der Waals surface area contributed by atoms with Gasteiger partial charge in [0.15, 0.2) is 23.2 Å². The van der Waals surface area contributed by atoms with E-state index in [1.54, 1.807) is 24.4 Å². The summed E-state index contributed by atoms with van der Waals surface area (Å²) in [5, 5.41) is 57.3. The van der Waals surface area contributed by atoms with Crippen molar-refractivity contribution < 1.29 is 58.8 Å². The molecule has 14 nitrogen and oxygen atoms in total. The van der Waals surface area contributed by atoms with E-state index < -0.39 is 42.6 Å². The van der Waals surface area contributed by atoms with Crippen LogP contribution in [0.4, 0.5) is 0 Å². The van der Waals surface area contributed by atoms with Crippen LogP contribution in [0.2, 0.25) is 0 Å². The third-order valence-electron chi connectivity index (χ3n) is 12.8. The number of ketones is 1. The molecule has 0 unspecified atom stereocenters. The van der Waals surface area contributed by atoms with Crippen LogP contribution in [0.1, 0.15) is 81.8 Å². The second-order valence-corrected chi connectivity index (χ2v) is 16.7. The van der Waals surface area contributed by atoms with Crippen LogP contribution in [0.25, 0.3) is 10.8 Å². The highest BCUT2D eigenvalue weighted by molar-refractivity contribution is 6.11. The zero-order chi connectivity index (χ0) is 43.1. The number of phenols is 1. The Morgan fingerprint density at radius 2 is 1.94 bits per heavy atom. The lowest BCUT2D eigenvalue weighted by molar-refractivity contribution is -0.327. The van der Waals surface area contributed by atoms with Crippen molar-refractivity contribution in [3.63, 3.8) is 0 Å². The molecule has 3 aromatic rings. The molecular weight excluding hydrogens is 797 g/mol. The fraction of sp³-hybridized carbons (Fsp3) is 0.417. The van der Waals surface area contributed by atoms with E-state index >= 15 is 0 Å². The summed E-state index contributed by atoms with van der Waals surface area (Å²) in [6.45, 7) is -1.19. The quantitative estimate of drug-likeness (QED) is 0.143. The van der Waals surface area contributed by atoms with Gasteiger partial charge in [0, 0.05) is 55.3 Å². The van der Waals surface area contributed by atoms with Crippen molar-refractivity contribution >= 4 is 28.7 Å². The van der Waals surface area contributed by atoms with Gasteiger partial charge in [-0.05, 0) is 71.9 Å². The molecule has 14 heteroatoms. The lowest BCUT2D eigenvalue weighted by atomic mass is 9.86. The standard InChI is InChI=1S/C48H48N2O12/c1-58-32-18-30-19-35(28-8-2-3-9-28)42-38(53)23-50-22-36-29(10-4-12-33(36)46(50)56)11-6-16-60-45-43(54)40(62-47(48(45,57)26-52)61-39(20-32)41(30)44(42)55)25-59-24-31-21-49-37-14-13-27(7-5-15-51)17-34(31)37/h4,10,12-14,17-21,28,40,43,45,47,51-52,54,57H,2-3,5,7-9,11,15,22-26H2,1H3/p+1/t40-,43-,45+,47+,48-/m1/s1. The molecule has 4 heterocycles. The largest absolute Gasteiger partial charge is 0.506 e. The van der Waals surface area contributed by atoms with Gasteiger partial charge in [0.05, 0.1) is 49.6 Å². The van der Waals surface area contributed by atoms with Crippen molar-refractivity contribution in [3.8, 4) is 29.3 Å². The Hall–Kier alpha value is -5.66. The number of ether oxygens (including phenoxy) is 5. The SMILES string of the molecule is COc1cc2c3c(O)c(c(C4CCCC4)cc3c1)C(=O)CN1Cc3c(cccc3C1=O)CC#CO[C@H]1[C@H](O)[C@@H](COCC3=C4[CH+]C(CCCO)=CC=C4N=C3)O[C@H](O2)[C@@]1(O)CO. The number of aliphatic hydroxyl groups excluding tert-OH is 3. The van der Waals surface area contributed by atoms with Crippen LogP contribution in [-0.4, -0.2) is 119 Å². The molecule has 5 N–H and O–H groups in total. The van der Waals surface area contributed by atoms with Crippen molar-refractivity contribution in [1.29, 1.82) is 0 Å². The Labute approximate surface area is 358 Å². The molecule has 2 fully saturated rings. The molecule has 4 aliphatic heterocycles. The maximum atomic E-state index is 14.6. The third kappa shape index (κ3) is 7.52. The highest BCUT2D eigenvalue weighted by Crippen LogP contribution is 2.47. The van der Waals surface area contributed by atoms with E-state index in [-0.39, 0.29) is 73.6 Å². The molecule has 2 aliphatic carbocycles. The summed E-state index contributed by atoms with van der Waals surface area (Å²) in [6.07, 6.45) is 9.04. The van der Waals surface area contributed by atoms with E-state index in [2.05, 4.69) is 17.0 Å². The highest BCUT2D eigenvalue weighted by Gasteiger charge is 2.59. The molecule has 9 rings (SSSR count). The summed E-state index contributed by atoms with van der Waals surface area (Å²) < 4.78 is 30.6. The van der Waals surface area contributed by atoms with Gasteiger partial charge >= 0.3 is 0 Å². The Morgan fingerprint density at radius 1 is 1.10 bits per heavy atom. The molecule has 0 aromatic heterocycles. The minimum Gasteiger partial charge on any atom is -0.506 e. The Balaban J connectivity index is 1.11. The average molecular weight is 846 g/mol. The number of nitrogens with zero attached hydrogens (tertiary/aromatic N) is 2. The summed E-state index contributed by atoms with van der Waals surface area (Å²) >= 11 is 0. The van der Waals surface area contributed by atoms with E-state index in [9.17, 15) is 35.1 Å². The number of phenolic OH excluding ortho intramolecular Hbond substituents is 1. The summed E-state index contributed by atoms with van der Waals surface area (Å²) in [7, 11) is 1.47. The number of rotatable bonds is 10. The molecule has 62 heavy (non-hydrogen) atoms. The minimum atomic E-state index is -2.44.